The van der Waals surface area contributed by atoms with Crippen LogP contribution in [0.3, 0.4) is 0 Å². The highest BCUT2D eigenvalue weighted by atomic mass is 16.7. The highest BCUT2D eigenvalue weighted by Gasteiger charge is 2.22. The first-order valence-corrected chi connectivity index (χ1v) is 3.30. The summed E-state index contributed by atoms with van der Waals surface area (Å²) in [5.74, 6) is 2.37. The predicted molar refractivity (Wildman–Crippen MR) is 37.0 cm³/mol. The zero-order valence-electron chi connectivity index (χ0n) is 5.75. The summed E-state index contributed by atoms with van der Waals surface area (Å²) in [6, 6.07) is 0. The SMILES string of the molecule is [CH]CCC1COC(C#C)O1. The van der Waals surface area contributed by atoms with Gasteiger partial charge >= 0.3 is 0 Å². The molecule has 1 fully saturated rings. The van der Waals surface area contributed by atoms with Crippen LogP contribution in [0.25, 0.3) is 0 Å². The van der Waals surface area contributed by atoms with E-state index in [1.807, 2.05) is 0 Å². The Bertz CT molecular complexity index is 137. The van der Waals surface area contributed by atoms with E-state index >= 15 is 0 Å². The van der Waals surface area contributed by atoms with Crippen molar-refractivity contribution in [2.24, 2.45) is 0 Å². The molecule has 0 spiro atoms. The first kappa shape index (κ1) is 7.59. The Kier molecular flexibility index (Phi) is 2.73. The number of terminal acetylenes is 1. The molecule has 2 atom stereocenters. The van der Waals surface area contributed by atoms with E-state index in [9.17, 15) is 0 Å². The molecule has 1 aliphatic heterocycles. The van der Waals surface area contributed by atoms with Crippen LogP contribution in [0.2, 0.25) is 0 Å². The largest absolute Gasteiger partial charge is 0.339 e. The molecule has 0 bridgehead atoms. The van der Waals surface area contributed by atoms with E-state index < -0.39 is 6.29 Å². The van der Waals surface area contributed by atoms with Crippen molar-refractivity contribution in [2.75, 3.05) is 6.61 Å². The summed E-state index contributed by atoms with van der Waals surface area (Å²) in [5, 5.41) is 0. The lowest BCUT2D eigenvalue weighted by Crippen LogP contribution is -2.10. The lowest BCUT2D eigenvalue weighted by Gasteiger charge is -2.04. The molecule has 10 heavy (non-hydrogen) atoms. The minimum atomic E-state index is -0.448. The molecule has 1 aliphatic rings. The highest BCUT2D eigenvalue weighted by Crippen LogP contribution is 2.14. The molecule has 2 heteroatoms. The Labute approximate surface area is 61.5 Å². The van der Waals surface area contributed by atoms with Crippen molar-refractivity contribution < 1.29 is 9.47 Å². The average molecular weight is 138 g/mol. The summed E-state index contributed by atoms with van der Waals surface area (Å²) in [5.41, 5.74) is 0. The van der Waals surface area contributed by atoms with Gasteiger partial charge in [-0.15, -0.1) is 6.42 Å². The number of rotatable bonds is 2. The zero-order valence-corrected chi connectivity index (χ0v) is 5.75. The summed E-state index contributed by atoms with van der Waals surface area (Å²) in [4.78, 5) is 0. The Morgan fingerprint density at radius 3 is 2.90 bits per heavy atom. The van der Waals surface area contributed by atoms with E-state index in [2.05, 4.69) is 5.92 Å². The maximum absolute atomic E-state index is 5.31. The van der Waals surface area contributed by atoms with Crippen LogP contribution >= 0.6 is 0 Å². The van der Waals surface area contributed by atoms with Gasteiger partial charge in [-0.05, 0) is 25.7 Å². The molecule has 0 saturated carbocycles. The van der Waals surface area contributed by atoms with Crippen molar-refractivity contribution >= 4 is 0 Å². The molecule has 0 aromatic heterocycles. The maximum atomic E-state index is 5.31. The van der Waals surface area contributed by atoms with E-state index in [1.165, 1.54) is 0 Å². The fourth-order valence-corrected chi connectivity index (χ4v) is 0.873. The van der Waals surface area contributed by atoms with E-state index in [1.54, 1.807) is 0 Å². The molecule has 0 aromatic carbocycles. The molecule has 0 aliphatic carbocycles. The van der Waals surface area contributed by atoms with Crippen LogP contribution in [0.15, 0.2) is 0 Å². The molecular weight excluding hydrogens is 128 g/mol. The van der Waals surface area contributed by atoms with Gasteiger partial charge in [0.15, 0.2) is 0 Å². The van der Waals surface area contributed by atoms with Gasteiger partial charge in [0.1, 0.15) is 0 Å². The third-order valence-corrected chi connectivity index (χ3v) is 1.37. The molecule has 0 N–H and O–H groups in total. The van der Waals surface area contributed by atoms with Gasteiger partial charge in [0.25, 0.3) is 0 Å². The van der Waals surface area contributed by atoms with Gasteiger partial charge in [-0.2, -0.15) is 0 Å². The van der Waals surface area contributed by atoms with Gasteiger partial charge < -0.3 is 9.47 Å². The molecule has 54 valence electrons. The molecule has 0 amide bonds. The third-order valence-electron chi connectivity index (χ3n) is 1.37. The van der Waals surface area contributed by atoms with Crippen molar-refractivity contribution in [1.29, 1.82) is 0 Å². The Balaban J connectivity index is 2.23. The van der Waals surface area contributed by atoms with Crippen molar-refractivity contribution in [3.05, 3.63) is 6.92 Å². The van der Waals surface area contributed by atoms with Gasteiger partial charge in [-0.3, -0.25) is 0 Å². The normalized spacial score (nSPS) is 32.0. The Morgan fingerprint density at radius 2 is 2.40 bits per heavy atom. The molecule has 2 nitrogen and oxygen atoms in total. The summed E-state index contributed by atoms with van der Waals surface area (Å²) in [7, 11) is 0. The molecule has 2 radical (unpaired) electrons. The highest BCUT2D eigenvalue weighted by molar-refractivity contribution is 4.91. The van der Waals surface area contributed by atoms with Crippen LogP contribution in [-0.2, 0) is 9.47 Å². The van der Waals surface area contributed by atoms with Crippen molar-refractivity contribution in [3.63, 3.8) is 0 Å². The molecular formula is C8H10O2. The smallest absolute Gasteiger partial charge is 0.222 e. The number of ether oxygens (including phenoxy) is 2. The van der Waals surface area contributed by atoms with E-state index in [4.69, 9.17) is 22.8 Å². The first-order chi connectivity index (χ1) is 4.86. The van der Waals surface area contributed by atoms with Crippen molar-refractivity contribution in [2.45, 2.75) is 25.2 Å². The molecule has 0 aromatic rings. The number of hydrogen-bond donors (Lipinski definition) is 0. The standard InChI is InChI=1S/C8H10O2/c1-3-5-7-6-9-8(4-2)10-7/h1-2,7-8H,3,5-6H2. The second kappa shape index (κ2) is 3.60. The second-order valence-electron chi connectivity index (χ2n) is 2.17. The lowest BCUT2D eigenvalue weighted by atomic mass is 10.2. The van der Waals surface area contributed by atoms with Gasteiger partial charge in [-0.1, -0.05) is 0 Å². The topological polar surface area (TPSA) is 18.5 Å². The van der Waals surface area contributed by atoms with Crippen LogP contribution in [0.5, 0.6) is 0 Å². The Morgan fingerprint density at radius 1 is 1.60 bits per heavy atom. The summed E-state index contributed by atoms with van der Waals surface area (Å²) in [6.07, 6.45) is 6.15. The van der Waals surface area contributed by atoms with Crippen LogP contribution < -0.4 is 0 Å². The van der Waals surface area contributed by atoms with Crippen LogP contribution in [0, 0.1) is 19.3 Å². The van der Waals surface area contributed by atoms with Gasteiger partial charge in [0.05, 0.1) is 12.7 Å². The molecule has 1 heterocycles. The first-order valence-electron chi connectivity index (χ1n) is 3.30. The molecule has 1 rings (SSSR count). The fraction of sp³-hybridized carbons (Fsp3) is 0.625. The fourth-order valence-electron chi connectivity index (χ4n) is 0.873. The second-order valence-corrected chi connectivity index (χ2v) is 2.17. The maximum Gasteiger partial charge on any atom is 0.222 e. The van der Waals surface area contributed by atoms with E-state index in [0.717, 1.165) is 6.42 Å². The summed E-state index contributed by atoms with van der Waals surface area (Å²) in [6.45, 7) is 5.88. The zero-order chi connectivity index (χ0) is 7.40. The van der Waals surface area contributed by atoms with Crippen LogP contribution in [-0.4, -0.2) is 19.0 Å². The van der Waals surface area contributed by atoms with Crippen LogP contribution in [0.1, 0.15) is 12.8 Å². The van der Waals surface area contributed by atoms with Crippen molar-refractivity contribution in [3.8, 4) is 12.3 Å². The van der Waals surface area contributed by atoms with Gasteiger partial charge in [0.2, 0.25) is 6.29 Å². The van der Waals surface area contributed by atoms with Gasteiger partial charge in [0, 0.05) is 0 Å². The van der Waals surface area contributed by atoms with E-state index in [0.29, 0.717) is 13.0 Å². The minimum Gasteiger partial charge on any atom is -0.339 e. The monoisotopic (exact) mass is 138 g/mol. The lowest BCUT2D eigenvalue weighted by molar-refractivity contribution is -0.0130. The van der Waals surface area contributed by atoms with Gasteiger partial charge in [-0.25, -0.2) is 0 Å². The molecule has 1 saturated heterocycles. The molecule has 2 unspecified atom stereocenters. The number of hydrogen-bond acceptors (Lipinski definition) is 2. The predicted octanol–water partition coefficient (Wildman–Crippen LogP) is 0.852. The summed E-state index contributed by atoms with van der Waals surface area (Å²) >= 11 is 0. The third kappa shape index (κ3) is 1.73. The van der Waals surface area contributed by atoms with E-state index in [-0.39, 0.29) is 6.10 Å². The van der Waals surface area contributed by atoms with Crippen LogP contribution in [0.4, 0.5) is 0 Å². The van der Waals surface area contributed by atoms with Crippen molar-refractivity contribution in [1.82, 2.24) is 0 Å². The Hall–Kier alpha value is -0.520. The minimum absolute atomic E-state index is 0.103. The average Bonchev–Trinajstić information content (AvgIpc) is 2.37. The summed E-state index contributed by atoms with van der Waals surface area (Å²) < 4.78 is 10.3. The quantitative estimate of drug-likeness (QED) is 0.527.